The fourth-order valence-corrected chi connectivity index (χ4v) is 4.20. The van der Waals surface area contributed by atoms with E-state index in [1.54, 1.807) is 7.11 Å². The molecule has 2 unspecified atom stereocenters. The number of H-pyrrole nitrogens is 1. The summed E-state index contributed by atoms with van der Waals surface area (Å²) < 4.78 is 5.62. The van der Waals surface area contributed by atoms with Crippen molar-refractivity contribution in [2.24, 2.45) is 16.3 Å². The molecule has 0 radical (unpaired) electrons. The minimum atomic E-state index is -0.334. The van der Waals surface area contributed by atoms with Crippen LogP contribution in [-0.2, 0) is 4.79 Å². The lowest BCUT2D eigenvalue weighted by Crippen LogP contribution is -2.45. The van der Waals surface area contributed by atoms with Crippen molar-refractivity contribution >= 4 is 17.3 Å². The van der Waals surface area contributed by atoms with Gasteiger partial charge in [-0.15, -0.1) is 0 Å². The lowest BCUT2D eigenvalue weighted by molar-refractivity contribution is -0.130. The van der Waals surface area contributed by atoms with Gasteiger partial charge in [0.2, 0.25) is 0 Å². The number of aryl methyl sites for hydroxylation is 1. The fraction of sp³-hybridized carbons (Fsp3) is 0.450. The second kappa shape index (κ2) is 5.55. The van der Waals surface area contributed by atoms with Gasteiger partial charge in [-0.05, 0) is 25.8 Å². The normalized spacial score (nSPS) is 24.3. The number of benzene rings is 1. The van der Waals surface area contributed by atoms with E-state index < -0.39 is 0 Å². The Hall–Kier alpha value is -2.43. The van der Waals surface area contributed by atoms with Crippen molar-refractivity contribution in [3.05, 3.63) is 41.1 Å². The molecule has 5 nitrogen and oxygen atoms in total. The SMILES string of the molecule is COc1ccccc1C1c2c(n[nH]c2C)N=C2CCC(C)(C)C(=O)C21. The van der Waals surface area contributed by atoms with Crippen molar-refractivity contribution in [3.63, 3.8) is 0 Å². The highest BCUT2D eigenvalue weighted by Crippen LogP contribution is 2.50. The molecule has 5 heteroatoms. The van der Waals surface area contributed by atoms with Gasteiger partial charge in [-0.25, -0.2) is 4.99 Å². The summed E-state index contributed by atoms with van der Waals surface area (Å²) in [7, 11) is 1.67. The second-order valence-electron chi connectivity index (χ2n) is 7.63. The average Bonchev–Trinajstić information content (AvgIpc) is 2.98. The van der Waals surface area contributed by atoms with E-state index in [1.807, 2.05) is 39.0 Å². The van der Waals surface area contributed by atoms with E-state index in [9.17, 15) is 4.79 Å². The molecule has 0 spiro atoms. The zero-order valence-corrected chi connectivity index (χ0v) is 15.1. The molecule has 1 fully saturated rings. The maximum absolute atomic E-state index is 13.4. The highest BCUT2D eigenvalue weighted by molar-refractivity contribution is 6.12. The van der Waals surface area contributed by atoms with Crippen LogP contribution in [0, 0.1) is 18.3 Å². The Labute approximate surface area is 147 Å². The number of carbonyl (C=O) groups is 1. The van der Waals surface area contributed by atoms with Gasteiger partial charge in [0.05, 0.1) is 13.0 Å². The molecule has 1 saturated carbocycles. The first kappa shape index (κ1) is 16.1. The largest absolute Gasteiger partial charge is 0.496 e. The van der Waals surface area contributed by atoms with Crippen LogP contribution in [0.15, 0.2) is 29.3 Å². The number of hydrogen-bond acceptors (Lipinski definition) is 4. The van der Waals surface area contributed by atoms with Gasteiger partial charge >= 0.3 is 0 Å². The van der Waals surface area contributed by atoms with Crippen LogP contribution in [0.1, 0.15) is 49.4 Å². The summed E-state index contributed by atoms with van der Waals surface area (Å²) in [6.45, 7) is 6.08. The summed E-state index contributed by atoms with van der Waals surface area (Å²) in [5.41, 5.74) is 3.63. The Balaban J connectivity index is 1.96. The van der Waals surface area contributed by atoms with Crippen molar-refractivity contribution in [2.75, 3.05) is 7.11 Å². The van der Waals surface area contributed by atoms with Gasteiger partial charge in [0.15, 0.2) is 5.82 Å². The smallest absolute Gasteiger partial charge is 0.177 e. The number of ether oxygens (including phenoxy) is 1. The van der Waals surface area contributed by atoms with Crippen LogP contribution in [0.25, 0.3) is 0 Å². The first-order valence-electron chi connectivity index (χ1n) is 8.73. The molecule has 0 saturated heterocycles. The van der Waals surface area contributed by atoms with Crippen molar-refractivity contribution in [1.29, 1.82) is 0 Å². The molecule has 0 bridgehead atoms. The number of nitrogens with zero attached hydrogens (tertiary/aromatic N) is 2. The molecule has 1 N–H and O–H groups in total. The Morgan fingerprint density at radius 1 is 1.24 bits per heavy atom. The average molecular weight is 337 g/mol. The van der Waals surface area contributed by atoms with Gasteiger partial charge in [-0.2, -0.15) is 5.10 Å². The molecule has 2 heterocycles. The summed E-state index contributed by atoms with van der Waals surface area (Å²) >= 11 is 0. The summed E-state index contributed by atoms with van der Waals surface area (Å²) in [4.78, 5) is 18.1. The van der Waals surface area contributed by atoms with Gasteiger partial charge in [-0.1, -0.05) is 32.0 Å². The molecular weight excluding hydrogens is 314 g/mol. The predicted molar refractivity (Wildman–Crippen MR) is 96.8 cm³/mol. The topological polar surface area (TPSA) is 67.3 Å². The summed E-state index contributed by atoms with van der Waals surface area (Å²) in [6.07, 6.45) is 1.67. The van der Waals surface area contributed by atoms with E-state index in [4.69, 9.17) is 9.73 Å². The van der Waals surface area contributed by atoms with Crippen LogP contribution in [-0.4, -0.2) is 28.8 Å². The van der Waals surface area contributed by atoms with E-state index in [0.29, 0.717) is 5.82 Å². The van der Waals surface area contributed by atoms with E-state index in [2.05, 4.69) is 16.3 Å². The minimum absolute atomic E-state index is 0.107. The maximum atomic E-state index is 13.4. The number of aromatic amines is 1. The monoisotopic (exact) mass is 337 g/mol. The number of rotatable bonds is 2. The van der Waals surface area contributed by atoms with Crippen LogP contribution >= 0.6 is 0 Å². The molecule has 1 aliphatic heterocycles. The number of nitrogens with one attached hydrogen (secondary N) is 1. The van der Waals surface area contributed by atoms with E-state index >= 15 is 0 Å². The van der Waals surface area contributed by atoms with Crippen LogP contribution in [0.2, 0.25) is 0 Å². The molecule has 4 rings (SSSR count). The number of fused-ring (bicyclic) bond motifs is 2. The maximum Gasteiger partial charge on any atom is 0.177 e. The number of ketones is 1. The summed E-state index contributed by atoms with van der Waals surface area (Å²) in [5.74, 6) is 1.43. The van der Waals surface area contributed by atoms with Gasteiger partial charge < -0.3 is 4.74 Å². The van der Waals surface area contributed by atoms with Gasteiger partial charge in [0.1, 0.15) is 11.5 Å². The highest BCUT2D eigenvalue weighted by atomic mass is 16.5. The third-order valence-electron chi connectivity index (χ3n) is 5.66. The Morgan fingerprint density at radius 3 is 2.76 bits per heavy atom. The van der Waals surface area contributed by atoms with Gasteiger partial charge in [-0.3, -0.25) is 9.89 Å². The number of methoxy groups -OCH3 is 1. The van der Waals surface area contributed by atoms with Crippen molar-refractivity contribution in [1.82, 2.24) is 10.2 Å². The molecule has 130 valence electrons. The molecular formula is C20H23N3O2. The Bertz CT molecular complexity index is 879. The van der Waals surface area contributed by atoms with Crippen LogP contribution in [0.5, 0.6) is 5.75 Å². The molecule has 25 heavy (non-hydrogen) atoms. The molecule has 2 aliphatic rings. The number of aromatic nitrogens is 2. The van der Waals surface area contributed by atoms with Gasteiger partial charge in [0, 0.05) is 33.9 Å². The highest BCUT2D eigenvalue weighted by Gasteiger charge is 2.49. The van der Waals surface area contributed by atoms with Crippen LogP contribution < -0.4 is 4.74 Å². The first-order valence-corrected chi connectivity index (χ1v) is 8.73. The van der Waals surface area contributed by atoms with Crippen LogP contribution in [0.4, 0.5) is 5.82 Å². The number of carbonyl (C=O) groups excluding carboxylic acids is 1. The van der Waals surface area contributed by atoms with Gasteiger partial charge in [0.25, 0.3) is 0 Å². The first-order chi connectivity index (χ1) is 11.9. The summed E-state index contributed by atoms with van der Waals surface area (Å²) in [5, 5.41) is 7.43. The van der Waals surface area contributed by atoms with E-state index in [1.165, 1.54) is 0 Å². The molecule has 0 amide bonds. The lowest BCUT2D eigenvalue weighted by atomic mass is 9.62. The van der Waals surface area contributed by atoms with Crippen LogP contribution in [0.3, 0.4) is 0 Å². The molecule has 1 aromatic carbocycles. The molecule has 1 aromatic heterocycles. The fourth-order valence-electron chi connectivity index (χ4n) is 4.20. The molecule has 1 aliphatic carbocycles. The van der Waals surface area contributed by atoms with E-state index in [-0.39, 0.29) is 23.0 Å². The standard InChI is InChI=1S/C20H23N3O2/c1-11-15-16(12-7-5-6-8-14(12)25-4)17-13(21-19(15)23-22-11)9-10-20(2,3)18(17)24/h5-8,16-17H,9-10H2,1-4H3,(H,22,23). The number of para-hydroxylation sites is 1. The second-order valence-corrected chi connectivity index (χ2v) is 7.63. The zero-order chi connectivity index (χ0) is 17.8. The third kappa shape index (κ3) is 2.33. The quantitative estimate of drug-likeness (QED) is 0.902. The number of hydrogen-bond donors (Lipinski definition) is 1. The lowest BCUT2D eigenvalue weighted by Gasteiger charge is -2.40. The van der Waals surface area contributed by atoms with E-state index in [0.717, 1.165) is 41.1 Å². The van der Waals surface area contributed by atoms with Crippen molar-refractivity contribution in [2.45, 2.75) is 39.5 Å². The minimum Gasteiger partial charge on any atom is -0.496 e. The third-order valence-corrected chi connectivity index (χ3v) is 5.66. The predicted octanol–water partition coefficient (Wildman–Crippen LogP) is 3.95. The molecule has 2 aromatic rings. The summed E-state index contributed by atoms with van der Waals surface area (Å²) in [6, 6.07) is 7.96. The Morgan fingerprint density at radius 2 is 2.00 bits per heavy atom. The van der Waals surface area contributed by atoms with Crippen molar-refractivity contribution in [3.8, 4) is 5.75 Å². The zero-order valence-electron chi connectivity index (χ0n) is 15.1. The van der Waals surface area contributed by atoms with Crippen molar-refractivity contribution < 1.29 is 9.53 Å². The number of aliphatic imine (C=N–C) groups is 1. The Kier molecular flexibility index (Phi) is 3.56. The molecule has 2 atom stereocenters. The number of Topliss-reactive ketones (excluding diaryl/α,β-unsaturated/α-hetero) is 1.